The number of anilines is 2. The number of benzene rings is 1. The summed E-state index contributed by atoms with van der Waals surface area (Å²) < 4.78 is 19.3. The van der Waals surface area contributed by atoms with Crippen molar-refractivity contribution in [2.24, 2.45) is 0 Å². The van der Waals surface area contributed by atoms with Gasteiger partial charge in [-0.2, -0.15) is 0 Å². The van der Waals surface area contributed by atoms with E-state index in [-0.39, 0.29) is 17.1 Å². The molecule has 1 aromatic carbocycles. The Morgan fingerprint density at radius 3 is 2.75 bits per heavy atom. The highest BCUT2D eigenvalue weighted by Gasteiger charge is 2.30. The SMILES string of the molecule is COc1ccc(-c2nc(Nc3ncc(-c4cccs4)cc3C(=O)O)sc2C2CC2)cc1F. The minimum Gasteiger partial charge on any atom is -0.494 e. The first-order chi connectivity index (χ1) is 15.5. The Morgan fingerprint density at radius 2 is 2.09 bits per heavy atom. The fraction of sp³-hybridized carbons (Fsp3) is 0.174. The molecule has 3 aromatic heterocycles. The third-order valence-electron chi connectivity index (χ3n) is 5.18. The maximum atomic E-state index is 14.3. The van der Waals surface area contributed by atoms with Crippen molar-refractivity contribution in [2.45, 2.75) is 18.8 Å². The number of carbonyl (C=O) groups is 1. The summed E-state index contributed by atoms with van der Waals surface area (Å²) in [6.45, 7) is 0. The van der Waals surface area contributed by atoms with Crippen molar-refractivity contribution in [3.8, 4) is 27.4 Å². The number of halogens is 1. The van der Waals surface area contributed by atoms with E-state index in [0.29, 0.717) is 22.3 Å². The number of nitrogens with zero attached hydrogens (tertiary/aromatic N) is 2. The summed E-state index contributed by atoms with van der Waals surface area (Å²) in [5, 5.41) is 15.3. The second-order valence-corrected chi connectivity index (χ2v) is 9.36. The van der Waals surface area contributed by atoms with E-state index >= 15 is 0 Å². The Kier molecular flexibility index (Phi) is 5.36. The number of ether oxygens (including phenoxy) is 1. The number of carboxylic acid groups (broad SMARTS) is 1. The van der Waals surface area contributed by atoms with Crippen LogP contribution in [0, 0.1) is 5.82 Å². The Labute approximate surface area is 191 Å². The number of aromatic nitrogens is 2. The molecule has 1 aliphatic rings. The minimum atomic E-state index is -1.07. The summed E-state index contributed by atoms with van der Waals surface area (Å²) in [5.41, 5.74) is 2.17. The number of rotatable bonds is 7. The molecule has 32 heavy (non-hydrogen) atoms. The van der Waals surface area contributed by atoms with Crippen LogP contribution in [0.4, 0.5) is 15.3 Å². The van der Waals surface area contributed by atoms with E-state index in [4.69, 9.17) is 4.74 Å². The maximum absolute atomic E-state index is 14.3. The molecule has 0 atom stereocenters. The zero-order valence-corrected chi connectivity index (χ0v) is 18.6. The number of thiophene rings is 1. The molecule has 0 unspecified atom stereocenters. The molecule has 0 aliphatic heterocycles. The topological polar surface area (TPSA) is 84.3 Å². The van der Waals surface area contributed by atoms with E-state index in [1.165, 1.54) is 35.8 Å². The van der Waals surface area contributed by atoms with Crippen LogP contribution in [0.2, 0.25) is 0 Å². The second kappa shape index (κ2) is 8.33. The Balaban J connectivity index is 1.51. The first kappa shape index (κ1) is 20.6. The van der Waals surface area contributed by atoms with Gasteiger partial charge < -0.3 is 15.2 Å². The van der Waals surface area contributed by atoms with Crippen LogP contribution < -0.4 is 10.1 Å². The van der Waals surface area contributed by atoms with Crippen LogP contribution in [0.3, 0.4) is 0 Å². The Hall–Kier alpha value is -3.30. The van der Waals surface area contributed by atoms with Gasteiger partial charge in [0.05, 0.1) is 12.8 Å². The summed E-state index contributed by atoms with van der Waals surface area (Å²) in [4.78, 5) is 22.9. The number of methoxy groups -OCH3 is 1. The first-order valence-electron chi connectivity index (χ1n) is 9.92. The summed E-state index contributed by atoms with van der Waals surface area (Å²) in [6, 6.07) is 10.2. The average molecular weight is 468 g/mol. The fourth-order valence-electron chi connectivity index (χ4n) is 3.43. The molecule has 5 rings (SSSR count). The van der Waals surface area contributed by atoms with Gasteiger partial charge in [-0.15, -0.1) is 22.7 Å². The average Bonchev–Trinajstić information content (AvgIpc) is 3.31. The maximum Gasteiger partial charge on any atom is 0.339 e. The van der Waals surface area contributed by atoms with E-state index in [9.17, 15) is 14.3 Å². The largest absolute Gasteiger partial charge is 0.494 e. The van der Waals surface area contributed by atoms with E-state index in [1.807, 2.05) is 17.5 Å². The summed E-state index contributed by atoms with van der Waals surface area (Å²) >= 11 is 2.97. The molecular formula is C23H18FN3O3S2. The molecule has 0 radical (unpaired) electrons. The van der Waals surface area contributed by atoms with Crippen LogP contribution in [-0.2, 0) is 0 Å². The lowest BCUT2D eigenvalue weighted by Crippen LogP contribution is -2.05. The molecule has 3 heterocycles. The molecular weight excluding hydrogens is 449 g/mol. The van der Waals surface area contributed by atoms with Crippen LogP contribution in [0.25, 0.3) is 21.7 Å². The molecule has 6 nitrogen and oxygen atoms in total. The smallest absolute Gasteiger partial charge is 0.339 e. The zero-order chi connectivity index (χ0) is 22.2. The molecule has 0 spiro atoms. The predicted octanol–water partition coefficient (Wildman–Crippen LogP) is 6.40. The molecule has 0 bridgehead atoms. The van der Waals surface area contributed by atoms with E-state index in [1.54, 1.807) is 24.4 Å². The molecule has 1 fully saturated rings. The monoisotopic (exact) mass is 467 g/mol. The normalized spacial score (nSPS) is 13.2. The third-order valence-corrected chi connectivity index (χ3v) is 7.23. The molecule has 0 saturated heterocycles. The summed E-state index contributed by atoms with van der Waals surface area (Å²) in [7, 11) is 1.43. The van der Waals surface area contributed by atoms with Crippen LogP contribution in [0.5, 0.6) is 5.75 Å². The van der Waals surface area contributed by atoms with Crippen LogP contribution in [0.15, 0.2) is 48.0 Å². The minimum absolute atomic E-state index is 0.0658. The zero-order valence-electron chi connectivity index (χ0n) is 17.0. The fourth-order valence-corrected chi connectivity index (χ4v) is 5.30. The first-order valence-corrected chi connectivity index (χ1v) is 11.6. The number of thiazole rings is 1. The van der Waals surface area contributed by atoms with Crippen molar-refractivity contribution in [3.05, 3.63) is 64.2 Å². The van der Waals surface area contributed by atoms with Gasteiger partial charge >= 0.3 is 5.97 Å². The lowest BCUT2D eigenvalue weighted by Gasteiger charge is -2.08. The van der Waals surface area contributed by atoms with Crippen molar-refractivity contribution >= 4 is 39.6 Å². The third kappa shape index (κ3) is 3.96. The van der Waals surface area contributed by atoms with Gasteiger partial charge in [0.25, 0.3) is 0 Å². The van der Waals surface area contributed by atoms with E-state index in [2.05, 4.69) is 15.3 Å². The molecule has 0 amide bonds. The number of nitrogens with one attached hydrogen (secondary N) is 1. The van der Waals surface area contributed by atoms with Gasteiger partial charge in [0.1, 0.15) is 11.4 Å². The number of pyridine rings is 1. The predicted molar refractivity (Wildman–Crippen MR) is 124 cm³/mol. The van der Waals surface area contributed by atoms with E-state index < -0.39 is 11.8 Å². The summed E-state index contributed by atoms with van der Waals surface area (Å²) in [5.74, 6) is -0.739. The van der Waals surface area contributed by atoms with Gasteiger partial charge in [0, 0.05) is 27.1 Å². The molecule has 1 aliphatic carbocycles. The second-order valence-electron chi connectivity index (χ2n) is 7.38. The highest BCUT2D eigenvalue weighted by Crippen LogP contribution is 2.49. The van der Waals surface area contributed by atoms with Gasteiger partial charge in [0.2, 0.25) is 0 Å². The lowest BCUT2D eigenvalue weighted by atomic mass is 10.1. The van der Waals surface area contributed by atoms with E-state index in [0.717, 1.165) is 28.2 Å². The summed E-state index contributed by atoms with van der Waals surface area (Å²) in [6.07, 6.45) is 3.76. The molecule has 2 N–H and O–H groups in total. The number of hydrogen-bond donors (Lipinski definition) is 2. The molecule has 1 saturated carbocycles. The number of carboxylic acids is 1. The van der Waals surface area contributed by atoms with Gasteiger partial charge in [-0.25, -0.2) is 19.2 Å². The Morgan fingerprint density at radius 1 is 1.25 bits per heavy atom. The van der Waals surface area contributed by atoms with Gasteiger partial charge in [0.15, 0.2) is 16.7 Å². The lowest BCUT2D eigenvalue weighted by molar-refractivity contribution is 0.0697. The number of aromatic carboxylic acids is 1. The molecule has 162 valence electrons. The molecule has 4 aromatic rings. The van der Waals surface area contributed by atoms with Gasteiger partial charge in [-0.3, -0.25) is 0 Å². The standard InChI is InChI=1S/C23H18FN3O3S2/c1-30-17-7-6-13(10-16(17)24)19-20(12-4-5-12)32-23(26-19)27-21-15(22(28)29)9-14(11-25-21)18-3-2-8-31-18/h2-3,6-12H,4-5H2,1H3,(H,28,29)(H,25,26,27). The quantitative estimate of drug-likeness (QED) is 0.327. The van der Waals surface area contributed by atoms with Crippen molar-refractivity contribution < 1.29 is 19.0 Å². The van der Waals surface area contributed by atoms with Crippen molar-refractivity contribution in [3.63, 3.8) is 0 Å². The number of hydrogen-bond acceptors (Lipinski definition) is 7. The Bertz CT molecular complexity index is 1300. The van der Waals surface area contributed by atoms with Crippen LogP contribution in [-0.4, -0.2) is 28.2 Å². The molecule has 9 heteroatoms. The van der Waals surface area contributed by atoms with Gasteiger partial charge in [-0.1, -0.05) is 6.07 Å². The van der Waals surface area contributed by atoms with Crippen LogP contribution >= 0.6 is 22.7 Å². The van der Waals surface area contributed by atoms with Crippen molar-refractivity contribution in [1.82, 2.24) is 9.97 Å². The van der Waals surface area contributed by atoms with Gasteiger partial charge in [-0.05, 0) is 54.5 Å². The van der Waals surface area contributed by atoms with Crippen LogP contribution in [0.1, 0.15) is 34.0 Å². The van der Waals surface area contributed by atoms with Crippen molar-refractivity contribution in [2.75, 3.05) is 12.4 Å². The highest BCUT2D eigenvalue weighted by atomic mass is 32.1. The highest BCUT2D eigenvalue weighted by molar-refractivity contribution is 7.16. The van der Waals surface area contributed by atoms with Crippen molar-refractivity contribution in [1.29, 1.82) is 0 Å².